The van der Waals surface area contributed by atoms with Gasteiger partial charge in [-0.2, -0.15) is 0 Å². The minimum absolute atomic E-state index is 0.199. The van der Waals surface area contributed by atoms with E-state index < -0.39 is 0 Å². The summed E-state index contributed by atoms with van der Waals surface area (Å²) in [5.74, 6) is 0. The standard InChI is InChI=1S/C27H20/c1-17-9-7-15-23-25(17)26-18(2)10-8-16-24(26)27(23)21-13-5-3-11-19(21)20-12-4-6-14-22(20)27/h3-16H,1-2H3. The van der Waals surface area contributed by atoms with Gasteiger partial charge in [0.25, 0.3) is 0 Å². The lowest BCUT2D eigenvalue weighted by Gasteiger charge is -2.30. The summed E-state index contributed by atoms with van der Waals surface area (Å²) in [5.41, 5.74) is 13.8. The first kappa shape index (κ1) is 15.0. The van der Waals surface area contributed by atoms with Crippen LogP contribution in [0, 0.1) is 13.8 Å². The normalized spacial score (nSPS) is 14.6. The van der Waals surface area contributed by atoms with Crippen LogP contribution in [0.2, 0.25) is 0 Å². The predicted octanol–water partition coefficient (Wildman–Crippen LogP) is 6.65. The summed E-state index contributed by atoms with van der Waals surface area (Å²) in [6.45, 7) is 4.50. The van der Waals surface area contributed by atoms with Crippen LogP contribution in [0.4, 0.5) is 0 Å². The molecule has 2 aliphatic rings. The minimum Gasteiger partial charge on any atom is -0.0619 e. The topological polar surface area (TPSA) is 0 Å². The number of hydrogen-bond donors (Lipinski definition) is 0. The smallest absolute Gasteiger partial charge is 0.0619 e. The van der Waals surface area contributed by atoms with Crippen molar-refractivity contribution in [2.75, 3.05) is 0 Å². The molecule has 27 heavy (non-hydrogen) atoms. The van der Waals surface area contributed by atoms with Gasteiger partial charge in [-0.1, -0.05) is 84.9 Å². The third-order valence-electron chi connectivity index (χ3n) is 6.56. The average Bonchev–Trinajstić information content (AvgIpc) is 3.17. The molecule has 0 saturated carbocycles. The third-order valence-corrected chi connectivity index (χ3v) is 6.56. The minimum atomic E-state index is -0.199. The van der Waals surface area contributed by atoms with E-state index in [-0.39, 0.29) is 5.41 Å². The Morgan fingerprint density at radius 3 is 1.33 bits per heavy atom. The van der Waals surface area contributed by atoms with Crippen molar-refractivity contribution in [3.8, 4) is 22.3 Å². The summed E-state index contributed by atoms with van der Waals surface area (Å²) >= 11 is 0. The van der Waals surface area contributed by atoms with Crippen LogP contribution in [-0.2, 0) is 5.41 Å². The summed E-state index contributed by atoms with van der Waals surface area (Å²) in [7, 11) is 0. The average molecular weight is 344 g/mol. The van der Waals surface area contributed by atoms with E-state index in [0.717, 1.165) is 0 Å². The predicted molar refractivity (Wildman–Crippen MR) is 112 cm³/mol. The first-order chi connectivity index (χ1) is 13.2. The maximum Gasteiger partial charge on any atom is 0.0725 e. The highest BCUT2D eigenvalue weighted by atomic mass is 14.5. The highest BCUT2D eigenvalue weighted by Crippen LogP contribution is 2.63. The maximum atomic E-state index is 2.35. The summed E-state index contributed by atoms with van der Waals surface area (Å²) in [6.07, 6.45) is 0. The van der Waals surface area contributed by atoms with Gasteiger partial charge in [0.1, 0.15) is 0 Å². The maximum absolute atomic E-state index is 2.35. The lowest BCUT2D eigenvalue weighted by atomic mass is 9.70. The van der Waals surface area contributed by atoms with Crippen molar-refractivity contribution < 1.29 is 0 Å². The summed E-state index contributed by atoms with van der Waals surface area (Å²) in [4.78, 5) is 0. The Hall–Kier alpha value is -3.12. The molecular weight excluding hydrogens is 324 g/mol. The molecule has 6 rings (SSSR count). The Balaban J connectivity index is 1.90. The third kappa shape index (κ3) is 1.60. The Morgan fingerprint density at radius 1 is 0.444 bits per heavy atom. The Morgan fingerprint density at radius 2 is 0.852 bits per heavy atom. The molecule has 0 unspecified atom stereocenters. The molecule has 0 heterocycles. The Labute approximate surface area is 160 Å². The number of rotatable bonds is 0. The summed E-state index contributed by atoms with van der Waals surface area (Å²) in [6, 6.07) is 31.6. The number of hydrogen-bond acceptors (Lipinski definition) is 0. The zero-order chi connectivity index (χ0) is 18.2. The second kappa shape index (κ2) is 4.98. The van der Waals surface area contributed by atoms with E-state index in [1.54, 1.807) is 0 Å². The molecule has 0 N–H and O–H groups in total. The second-order valence-electron chi connectivity index (χ2n) is 7.84. The number of fused-ring (bicyclic) bond motifs is 10. The van der Waals surface area contributed by atoms with Crippen molar-refractivity contribution in [3.05, 3.63) is 118 Å². The molecule has 4 aromatic carbocycles. The fraction of sp³-hybridized carbons (Fsp3) is 0.111. The van der Waals surface area contributed by atoms with E-state index in [0.29, 0.717) is 0 Å². The van der Waals surface area contributed by atoms with E-state index in [9.17, 15) is 0 Å². The zero-order valence-corrected chi connectivity index (χ0v) is 15.6. The molecule has 0 heteroatoms. The Bertz CT molecular complexity index is 1140. The van der Waals surface area contributed by atoms with Gasteiger partial charge in [0.05, 0.1) is 5.41 Å². The lowest BCUT2D eigenvalue weighted by Crippen LogP contribution is -2.25. The van der Waals surface area contributed by atoms with Crippen molar-refractivity contribution in [1.29, 1.82) is 0 Å². The van der Waals surface area contributed by atoms with Crippen molar-refractivity contribution >= 4 is 0 Å². The van der Waals surface area contributed by atoms with Crippen LogP contribution in [0.15, 0.2) is 84.9 Å². The first-order valence-corrected chi connectivity index (χ1v) is 9.64. The first-order valence-electron chi connectivity index (χ1n) is 9.64. The van der Waals surface area contributed by atoms with Gasteiger partial charge in [0, 0.05) is 0 Å². The fourth-order valence-electron chi connectivity index (χ4n) is 5.58. The van der Waals surface area contributed by atoms with Crippen molar-refractivity contribution in [2.45, 2.75) is 19.3 Å². The van der Waals surface area contributed by atoms with Crippen LogP contribution in [0.5, 0.6) is 0 Å². The second-order valence-corrected chi connectivity index (χ2v) is 7.84. The van der Waals surface area contributed by atoms with Gasteiger partial charge in [-0.3, -0.25) is 0 Å². The van der Waals surface area contributed by atoms with Gasteiger partial charge < -0.3 is 0 Å². The van der Waals surface area contributed by atoms with E-state index in [1.807, 2.05) is 0 Å². The van der Waals surface area contributed by atoms with Crippen molar-refractivity contribution in [1.82, 2.24) is 0 Å². The van der Waals surface area contributed by atoms with E-state index in [4.69, 9.17) is 0 Å². The van der Waals surface area contributed by atoms with Gasteiger partial charge >= 0.3 is 0 Å². The molecule has 0 aromatic heterocycles. The SMILES string of the molecule is Cc1cccc2c1-c1c(C)cccc1C21c2ccccc2-c2ccccc21. The molecule has 4 aromatic rings. The van der Waals surface area contributed by atoms with Gasteiger partial charge in [-0.25, -0.2) is 0 Å². The molecule has 1 spiro atoms. The zero-order valence-electron chi connectivity index (χ0n) is 15.6. The van der Waals surface area contributed by atoms with Crippen LogP contribution in [-0.4, -0.2) is 0 Å². The highest BCUT2D eigenvalue weighted by Gasteiger charge is 2.51. The van der Waals surface area contributed by atoms with Crippen LogP contribution in [0.1, 0.15) is 33.4 Å². The molecule has 2 aliphatic carbocycles. The molecule has 0 saturated heterocycles. The lowest BCUT2D eigenvalue weighted by molar-refractivity contribution is 0.793. The Kier molecular flexibility index (Phi) is 2.77. The van der Waals surface area contributed by atoms with Gasteiger partial charge in [0.2, 0.25) is 0 Å². The van der Waals surface area contributed by atoms with Crippen LogP contribution < -0.4 is 0 Å². The summed E-state index contributed by atoms with van der Waals surface area (Å²) < 4.78 is 0. The van der Waals surface area contributed by atoms with E-state index in [2.05, 4.69) is 98.8 Å². The molecular formula is C27H20. The van der Waals surface area contributed by atoms with E-state index >= 15 is 0 Å². The van der Waals surface area contributed by atoms with E-state index in [1.165, 1.54) is 55.6 Å². The molecule has 0 amide bonds. The van der Waals surface area contributed by atoms with Crippen molar-refractivity contribution in [2.24, 2.45) is 0 Å². The van der Waals surface area contributed by atoms with Gasteiger partial charge in [-0.15, -0.1) is 0 Å². The molecule has 0 nitrogen and oxygen atoms in total. The van der Waals surface area contributed by atoms with Crippen molar-refractivity contribution in [3.63, 3.8) is 0 Å². The molecule has 0 bridgehead atoms. The molecule has 0 aliphatic heterocycles. The number of benzene rings is 4. The monoisotopic (exact) mass is 344 g/mol. The van der Waals surface area contributed by atoms with Crippen LogP contribution in [0.25, 0.3) is 22.3 Å². The molecule has 0 radical (unpaired) electrons. The molecule has 0 fully saturated rings. The molecule has 0 atom stereocenters. The van der Waals surface area contributed by atoms with Gasteiger partial charge in [-0.05, 0) is 69.5 Å². The van der Waals surface area contributed by atoms with Gasteiger partial charge in [0.15, 0.2) is 0 Å². The largest absolute Gasteiger partial charge is 0.0725 e. The molecule has 128 valence electrons. The van der Waals surface area contributed by atoms with Crippen LogP contribution in [0.3, 0.4) is 0 Å². The number of aryl methyl sites for hydroxylation is 2. The van der Waals surface area contributed by atoms with Crippen LogP contribution >= 0.6 is 0 Å². The highest BCUT2D eigenvalue weighted by molar-refractivity contribution is 5.96. The fourth-order valence-corrected chi connectivity index (χ4v) is 5.58. The quantitative estimate of drug-likeness (QED) is 0.289. The summed E-state index contributed by atoms with van der Waals surface area (Å²) in [5, 5.41) is 0.